The largest absolute Gasteiger partial charge is 0.353 e. The Kier molecular flexibility index (Phi) is 11.3. The van der Waals surface area contributed by atoms with Crippen LogP contribution >= 0.6 is 24.8 Å². The number of rotatable bonds is 7. The van der Waals surface area contributed by atoms with E-state index in [0.717, 1.165) is 32.5 Å². The third-order valence-electron chi connectivity index (χ3n) is 4.28. The van der Waals surface area contributed by atoms with Crippen molar-refractivity contribution in [2.75, 3.05) is 26.2 Å². The van der Waals surface area contributed by atoms with Gasteiger partial charge < -0.3 is 10.6 Å². The zero-order valence-electron chi connectivity index (χ0n) is 14.0. The van der Waals surface area contributed by atoms with E-state index in [1.54, 1.807) is 0 Å². The lowest BCUT2D eigenvalue weighted by atomic mass is 10.0. The molecule has 0 saturated carbocycles. The highest BCUT2D eigenvalue weighted by Crippen LogP contribution is 2.19. The van der Waals surface area contributed by atoms with Crippen molar-refractivity contribution in [3.05, 3.63) is 35.9 Å². The zero-order chi connectivity index (χ0) is 15.1. The summed E-state index contributed by atoms with van der Waals surface area (Å²) < 4.78 is 0. The molecule has 1 aliphatic heterocycles. The van der Waals surface area contributed by atoms with Gasteiger partial charge in [0.1, 0.15) is 0 Å². The van der Waals surface area contributed by atoms with Gasteiger partial charge in [-0.15, -0.1) is 24.8 Å². The van der Waals surface area contributed by atoms with Gasteiger partial charge in [-0.1, -0.05) is 44.2 Å². The van der Waals surface area contributed by atoms with Gasteiger partial charge in [-0.2, -0.15) is 0 Å². The molecule has 1 aromatic carbocycles. The highest BCUT2D eigenvalue weighted by molar-refractivity contribution is 5.85. The number of likely N-dealkylation sites (N-methyl/N-ethyl adjacent to an activating group) is 1. The van der Waals surface area contributed by atoms with Crippen LogP contribution in [-0.4, -0.2) is 43.0 Å². The van der Waals surface area contributed by atoms with E-state index in [1.807, 2.05) is 6.07 Å². The second kappa shape index (κ2) is 11.7. The fourth-order valence-corrected chi connectivity index (χ4v) is 3.03. The van der Waals surface area contributed by atoms with Crippen molar-refractivity contribution in [1.82, 2.24) is 15.5 Å². The van der Waals surface area contributed by atoms with Crippen LogP contribution in [0.25, 0.3) is 0 Å². The van der Waals surface area contributed by atoms with Crippen LogP contribution in [0, 0.1) is 0 Å². The molecular formula is C17H29Cl2N3O. The minimum absolute atomic E-state index is 0. The monoisotopic (exact) mass is 361 g/mol. The van der Waals surface area contributed by atoms with Crippen LogP contribution in [-0.2, 0) is 4.79 Å². The van der Waals surface area contributed by atoms with Crippen LogP contribution in [0.1, 0.15) is 38.3 Å². The van der Waals surface area contributed by atoms with Crippen molar-refractivity contribution in [2.24, 2.45) is 0 Å². The summed E-state index contributed by atoms with van der Waals surface area (Å²) in [7, 11) is 0. The van der Waals surface area contributed by atoms with Crippen LogP contribution in [0.2, 0.25) is 0 Å². The van der Waals surface area contributed by atoms with E-state index in [-0.39, 0.29) is 42.8 Å². The molecule has 2 rings (SSSR count). The number of carbonyl (C=O) groups is 1. The first-order chi connectivity index (χ1) is 10.3. The van der Waals surface area contributed by atoms with Gasteiger partial charge in [0.05, 0.1) is 12.1 Å². The predicted octanol–water partition coefficient (Wildman–Crippen LogP) is 2.78. The minimum Gasteiger partial charge on any atom is -0.353 e. The summed E-state index contributed by atoms with van der Waals surface area (Å²) in [5.74, 6) is 0.139. The third kappa shape index (κ3) is 6.30. The Balaban J connectivity index is 0.00000242. The molecule has 6 heteroatoms. The number of amides is 1. The number of benzene rings is 1. The number of nitrogens with one attached hydrogen (secondary N) is 2. The molecule has 0 bridgehead atoms. The molecule has 0 aromatic heterocycles. The molecule has 132 valence electrons. The Morgan fingerprint density at radius 2 is 1.91 bits per heavy atom. The number of halogens is 2. The van der Waals surface area contributed by atoms with E-state index in [1.165, 1.54) is 5.56 Å². The topological polar surface area (TPSA) is 44.4 Å². The van der Waals surface area contributed by atoms with Crippen molar-refractivity contribution < 1.29 is 4.79 Å². The maximum atomic E-state index is 12.2. The van der Waals surface area contributed by atoms with Gasteiger partial charge in [-0.3, -0.25) is 9.69 Å². The summed E-state index contributed by atoms with van der Waals surface area (Å²) in [6, 6.07) is 10.7. The molecule has 0 spiro atoms. The van der Waals surface area contributed by atoms with Gasteiger partial charge >= 0.3 is 0 Å². The summed E-state index contributed by atoms with van der Waals surface area (Å²) in [6.07, 6.45) is 2.04. The minimum atomic E-state index is -0.00173. The SMILES string of the molecule is CCN(CC)C(CNC(=O)[C@@H]1CCCN1)c1ccccc1.Cl.Cl. The molecule has 1 aromatic rings. The molecular weight excluding hydrogens is 333 g/mol. The Morgan fingerprint density at radius 1 is 1.26 bits per heavy atom. The molecule has 4 nitrogen and oxygen atoms in total. The first-order valence-electron chi connectivity index (χ1n) is 8.06. The van der Waals surface area contributed by atoms with Gasteiger partial charge in [-0.25, -0.2) is 0 Å². The third-order valence-corrected chi connectivity index (χ3v) is 4.28. The fourth-order valence-electron chi connectivity index (χ4n) is 3.03. The Labute approximate surface area is 152 Å². The average molecular weight is 362 g/mol. The van der Waals surface area contributed by atoms with E-state index in [2.05, 4.69) is 53.6 Å². The van der Waals surface area contributed by atoms with Gasteiger partial charge in [0.15, 0.2) is 0 Å². The smallest absolute Gasteiger partial charge is 0.237 e. The van der Waals surface area contributed by atoms with Gasteiger partial charge in [0, 0.05) is 6.54 Å². The van der Waals surface area contributed by atoms with E-state index in [4.69, 9.17) is 0 Å². The van der Waals surface area contributed by atoms with E-state index in [9.17, 15) is 4.79 Å². The maximum absolute atomic E-state index is 12.2. The molecule has 2 atom stereocenters. The second-order valence-corrected chi connectivity index (χ2v) is 5.54. The second-order valence-electron chi connectivity index (χ2n) is 5.54. The van der Waals surface area contributed by atoms with E-state index >= 15 is 0 Å². The molecule has 1 unspecified atom stereocenters. The molecule has 1 amide bonds. The Morgan fingerprint density at radius 3 is 2.43 bits per heavy atom. The van der Waals surface area contributed by atoms with Gasteiger partial charge in [0.2, 0.25) is 5.91 Å². The molecule has 1 aliphatic rings. The predicted molar refractivity (Wildman–Crippen MR) is 101 cm³/mol. The normalized spacial score (nSPS) is 18.0. The number of hydrogen-bond donors (Lipinski definition) is 2. The standard InChI is InChI=1S/C17H27N3O.2ClH/c1-3-20(4-2)16(14-9-6-5-7-10-14)13-19-17(21)15-11-8-12-18-15;;/h5-7,9-10,15-16,18H,3-4,8,11-13H2,1-2H3,(H,19,21);2*1H/t15-,16?;;/m0../s1. The van der Waals surface area contributed by atoms with Crippen LogP contribution in [0.4, 0.5) is 0 Å². The fraction of sp³-hybridized carbons (Fsp3) is 0.588. The summed E-state index contributed by atoms with van der Waals surface area (Å²) in [6.45, 7) is 7.92. The van der Waals surface area contributed by atoms with E-state index < -0.39 is 0 Å². The number of carbonyl (C=O) groups excluding carboxylic acids is 1. The highest BCUT2D eigenvalue weighted by Gasteiger charge is 2.24. The van der Waals surface area contributed by atoms with Crippen LogP contribution in [0.5, 0.6) is 0 Å². The Bertz CT molecular complexity index is 435. The Hall–Kier alpha value is -0.810. The number of nitrogens with zero attached hydrogens (tertiary/aromatic N) is 1. The van der Waals surface area contributed by atoms with Gasteiger partial charge in [-0.05, 0) is 38.0 Å². The van der Waals surface area contributed by atoms with E-state index in [0.29, 0.717) is 6.54 Å². The van der Waals surface area contributed by atoms with Crippen molar-refractivity contribution in [3.8, 4) is 0 Å². The quantitative estimate of drug-likeness (QED) is 0.784. The van der Waals surface area contributed by atoms with Crippen LogP contribution in [0.3, 0.4) is 0 Å². The average Bonchev–Trinajstić information content (AvgIpc) is 3.06. The lowest BCUT2D eigenvalue weighted by Crippen LogP contribution is -2.44. The molecule has 23 heavy (non-hydrogen) atoms. The summed E-state index contributed by atoms with van der Waals surface area (Å²) in [4.78, 5) is 14.6. The maximum Gasteiger partial charge on any atom is 0.237 e. The van der Waals surface area contributed by atoms with Crippen LogP contribution < -0.4 is 10.6 Å². The molecule has 1 fully saturated rings. The number of hydrogen-bond acceptors (Lipinski definition) is 3. The first-order valence-corrected chi connectivity index (χ1v) is 8.06. The van der Waals surface area contributed by atoms with Crippen molar-refractivity contribution in [2.45, 2.75) is 38.8 Å². The summed E-state index contributed by atoms with van der Waals surface area (Å²) >= 11 is 0. The van der Waals surface area contributed by atoms with Crippen molar-refractivity contribution in [1.29, 1.82) is 0 Å². The van der Waals surface area contributed by atoms with Crippen LogP contribution in [0.15, 0.2) is 30.3 Å². The molecule has 1 saturated heterocycles. The lowest BCUT2D eigenvalue weighted by molar-refractivity contribution is -0.123. The highest BCUT2D eigenvalue weighted by atomic mass is 35.5. The molecule has 1 heterocycles. The zero-order valence-corrected chi connectivity index (χ0v) is 15.6. The molecule has 0 radical (unpaired) electrons. The summed E-state index contributed by atoms with van der Waals surface area (Å²) in [5.41, 5.74) is 1.26. The molecule has 0 aliphatic carbocycles. The first kappa shape index (κ1) is 22.2. The summed E-state index contributed by atoms with van der Waals surface area (Å²) in [5, 5.41) is 6.38. The molecule has 2 N–H and O–H groups in total. The van der Waals surface area contributed by atoms with Gasteiger partial charge in [0.25, 0.3) is 0 Å². The van der Waals surface area contributed by atoms with Crippen molar-refractivity contribution in [3.63, 3.8) is 0 Å². The lowest BCUT2D eigenvalue weighted by Gasteiger charge is -2.30. The van der Waals surface area contributed by atoms with Crippen molar-refractivity contribution >= 4 is 30.7 Å².